The summed E-state index contributed by atoms with van der Waals surface area (Å²) in [6.07, 6.45) is -1.50. The van der Waals surface area contributed by atoms with E-state index in [1.54, 1.807) is 0 Å². The zero-order valence-corrected chi connectivity index (χ0v) is 12.6. The zero-order valence-electron chi connectivity index (χ0n) is 12.6. The summed E-state index contributed by atoms with van der Waals surface area (Å²) in [5.41, 5.74) is 5.92. The Balaban J connectivity index is 2.99. The Kier molecular flexibility index (Phi) is 6.89. The fourth-order valence-corrected chi connectivity index (χ4v) is 2.40. The molecule has 22 heavy (non-hydrogen) atoms. The second kappa shape index (κ2) is 8.19. The van der Waals surface area contributed by atoms with E-state index in [0.29, 0.717) is 12.8 Å². The fraction of sp³-hybridized carbons (Fsp3) is 0.714. The SMILES string of the molecule is CCC(CC)O[C@@H]1C=C(C(=O)O)C[C@@H](N)[C@H]1NC(=O)C(F)F. The molecule has 1 aliphatic rings. The van der Waals surface area contributed by atoms with Gasteiger partial charge in [-0.25, -0.2) is 4.79 Å². The number of ether oxygens (including phenoxy) is 1. The van der Waals surface area contributed by atoms with Crippen molar-refractivity contribution in [1.82, 2.24) is 5.32 Å². The largest absolute Gasteiger partial charge is 0.478 e. The Morgan fingerprint density at radius 3 is 2.50 bits per heavy atom. The second-order valence-corrected chi connectivity index (χ2v) is 5.24. The van der Waals surface area contributed by atoms with Crippen LogP contribution in [0.15, 0.2) is 11.6 Å². The average molecular weight is 320 g/mol. The van der Waals surface area contributed by atoms with E-state index in [1.807, 2.05) is 13.8 Å². The minimum absolute atomic E-state index is 0.0215. The summed E-state index contributed by atoms with van der Waals surface area (Å²) in [7, 11) is 0. The van der Waals surface area contributed by atoms with E-state index in [2.05, 4.69) is 5.32 Å². The molecule has 1 aliphatic carbocycles. The van der Waals surface area contributed by atoms with Gasteiger partial charge in [0.2, 0.25) is 0 Å². The Hall–Kier alpha value is -1.54. The molecular formula is C14H22F2N2O4. The quantitative estimate of drug-likeness (QED) is 0.651. The minimum atomic E-state index is -3.16. The normalized spacial score (nSPS) is 25.2. The van der Waals surface area contributed by atoms with E-state index >= 15 is 0 Å². The minimum Gasteiger partial charge on any atom is -0.478 e. The third kappa shape index (κ3) is 4.74. The van der Waals surface area contributed by atoms with Crippen molar-refractivity contribution >= 4 is 11.9 Å². The lowest BCUT2D eigenvalue weighted by Crippen LogP contribution is -2.58. The number of rotatable bonds is 7. The number of hydrogen-bond acceptors (Lipinski definition) is 4. The van der Waals surface area contributed by atoms with Crippen molar-refractivity contribution in [2.75, 3.05) is 0 Å². The zero-order chi connectivity index (χ0) is 16.9. The molecule has 0 aromatic carbocycles. The number of hydrogen-bond donors (Lipinski definition) is 3. The fourth-order valence-electron chi connectivity index (χ4n) is 2.40. The van der Waals surface area contributed by atoms with E-state index in [-0.39, 0.29) is 18.1 Å². The van der Waals surface area contributed by atoms with Crippen LogP contribution in [0.2, 0.25) is 0 Å². The molecule has 3 atom stereocenters. The highest BCUT2D eigenvalue weighted by Crippen LogP contribution is 2.23. The molecule has 0 bridgehead atoms. The molecular weight excluding hydrogens is 298 g/mol. The van der Waals surface area contributed by atoms with Crippen LogP contribution in [0.25, 0.3) is 0 Å². The van der Waals surface area contributed by atoms with Crippen molar-refractivity contribution in [1.29, 1.82) is 0 Å². The van der Waals surface area contributed by atoms with Crippen molar-refractivity contribution in [3.63, 3.8) is 0 Å². The molecule has 0 spiro atoms. The third-order valence-electron chi connectivity index (χ3n) is 3.68. The molecule has 0 unspecified atom stereocenters. The van der Waals surface area contributed by atoms with E-state index in [4.69, 9.17) is 15.6 Å². The number of halogens is 2. The molecule has 1 rings (SSSR count). The Morgan fingerprint density at radius 2 is 2.05 bits per heavy atom. The van der Waals surface area contributed by atoms with Crippen LogP contribution >= 0.6 is 0 Å². The molecule has 0 heterocycles. The lowest BCUT2D eigenvalue weighted by atomic mass is 9.88. The summed E-state index contributed by atoms with van der Waals surface area (Å²) in [6, 6.07) is -1.69. The second-order valence-electron chi connectivity index (χ2n) is 5.24. The molecule has 8 heteroatoms. The van der Waals surface area contributed by atoms with Gasteiger partial charge in [-0.15, -0.1) is 0 Å². The van der Waals surface area contributed by atoms with Gasteiger partial charge < -0.3 is 20.9 Å². The highest BCUT2D eigenvalue weighted by atomic mass is 19.3. The van der Waals surface area contributed by atoms with Gasteiger partial charge >= 0.3 is 12.4 Å². The van der Waals surface area contributed by atoms with E-state index < -0.39 is 36.5 Å². The maximum atomic E-state index is 12.4. The number of nitrogens with one attached hydrogen (secondary N) is 1. The topological polar surface area (TPSA) is 102 Å². The molecule has 0 aromatic rings. The number of alkyl halides is 2. The first-order chi connectivity index (χ1) is 10.3. The van der Waals surface area contributed by atoms with Crippen molar-refractivity contribution in [2.45, 2.75) is 63.8 Å². The Morgan fingerprint density at radius 1 is 1.45 bits per heavy atom. The van der Waals surface area contributed by atoms with Gasteiger partial charge in [-0.05, 0) is 25.3 Å². The molecule has 0 fully saturated rings. The Bertz CT molecular complexity index is 439. The van der Waals surface area contributed by atoms with Gasteiger partial charge in [0.1, 0.15) is 0 Å². The van der Waals surface area contributed by atoms with Gasteiger partial charge in [0.25, 0.3) is 5.91 Å². The first kappa shape index (κ1) is 18.5. The van der Waals surface area contributed by atoms with Crippen LogP contribution in [0, 0.1) is 0 Å². The van der Waals surface area contributed by atoms with Gasteiger partial charge in [-0.2, -0.15) is 8.78 Å². The Labute approximate surface area is 127 Å². The molecule has 0 aliphatic heterocycles. The smallest absolute Gasteiger partial charge is 0.331 e. The summed E-state index contributed by atoms with van der Waals surface area (Å²) in [5.74, 6) is -2.57. The lowest BCUT2D eigenvalue weighted by molar-refractivity contribution is -0.134. The van der Waals surface area contributed by atoms with Crippen LogP contribution in [0.1, 0.15) is 33.1 Å². The molecule has 0 radical (unpaired) electrons. The number of carbonyl (C=O) groups excluding carboxylic acids is 1. The van der Waals surface area contributed by atoms with Crippen molar-refractivity contribution < 1.29 is 28.2 Å². The maximum Gasteiger partial charge on any atom is 0.331 e. The highest BCUT2D eigenvalue weighted by molar-refractivity contribution is 5.87. The number of carboxylic acids is 1. The van der Waals surface area contributed by atoms with Gasteiger partial charge in [0.15, 0.2) is 0 Å². The molecule has 4 N–H and O–H groups in total. The van der Waals surface area contributed by atoms with Crippen LogP contribution in [-0.4, -0.2) is 47.7 Å². The molecule has 6 nitrogen and oxygen atoms in total. The summed E-state index contributed by atoms with van der Waals surface area (Å²) < 4.78 is 30.6. The molecule has 0 saturated heterocycles. The summed E-state index contributed by atoms with van der Waals surface area (Å²) in [6.45, 7) is 3.79. The van der Waals surface area contributed by atoms with Gasteiger partial charge in [-0.3, -0.25) is 4.79 Å². The number of aliphatic carboxylic acids is 1. The summed E-state index contributed by atoms with van der Waals surface area (Å²) >= 11 is 0. The first-order valence-corrected chi connectivity index (χ1v) is 7.23. The standard InChI is InChI=1S/C14H22F2N2O4/c1-3-8(4-2)22-10-6-7(14(20)21)5-9(17)11(10)18-13(19)12(15)16/h6,8-12H,3-5,17H2,1-2H3,(H,18,19)(H,20,21)/t9-,10-,11-/m1/s1. The van der Waals surface area contributed by atoms with E-state index in [1.165, 1.54) is 6.08 Å². The number of carbonyl (C=O) groups is 2. The van der Waals surface area contributed by atoms with E-state index in [0.717, 1.165) is 0 Å². The van der Waals surface area contributed by atoms with Crippen molar-refractivity contribution in [3.05, 3.63) is 11.6 Å². The van der Waals surface area contributed by atoms with Gasteiger partial charge in [0.05, 0.1) is 18.2 Å². The lowest BCUT2D eigenvalue weighted by Gasteiger charge is -2.36. The highest BCUT2D eigenvalue weighted by Gasteiger charge is 2.37. The predicted molar refractivity (Wildman–Crippen MR) is 75.5 cm³/mol. The van der Waals surface area contributed by atoms with Crippen LogP contribution in [0.5, 0.6) is 0 Å². The van der Waals surface area contributed by atoms with Crippen LogP contribution < -0.4 is 11.1 Å². The van der Waals surface area contributed by atoms with Crippen LogP contribution in [0.3, 0.4) is 0 Å². The number of amides is 1. The monoisotopic (exact) mass is 320 g/mol. The molecule has 0 aromatic heterocycles. The number of nitrogens with two attached hydrogens (primary N) is 1. The average Bonchev–Trinajstić information content (AvgIpc) is 2.46. The predicted octanol–water partition coefficient (Wildman–Crippen LogP) is 1.05. The molecule has 0 saturated carbocycles. The third-order valence-corrected chi connectivity index (χ3v) is 3.68. The molecule has 1 amide bonds. The van der Waals surface area contributed by atoms with Crippen LogP contribution in [-0.2, 0) is 14.3 Å². The van der Waals surface area contributed by atoms with E-state index in [9.17, 15) is 18.4 Å². The maximum absolute atomic E-state index is 12.4. The van der Waals surface area contributed by atoms with Crippen molar-refractivity contribution in [3.8, 4) is 0 Å². The first-order valence-electron chi connectivity index (χ1n) is 7.23. The van der Waals surface area contributed by atoms with Gasteiger partial charge in [0, 0.05) is 11.6 Å². The summed E-state index contributed by atoms with van der Waals surface area (Å²) in [5, 5.41) is 11.2. The number of carboxylic acid groups (broad SMARTS) is 1. The summed E-state index contributed by atoms with van der Waals surface area (Å²) in [4.78, 5) is 22.4. The van der Waals surface area contributed by atoms with Crippen molar-refractivity contribution in [2.24, 2.45) is 5.73 Å². The van der Waals surface area contributed by atoms with Crippen LogP contribution in [0.4, 0.5) is 8.78 Å². The molecule has 126 valence electrons. The van der Waals surface area contributed by atoms with Gasteiger partial charge in [-0.1, -0.05) is 13.8 Å².